The van der Waals surface area contributed by atoms with E-state index < -0.39 is 10.8 Å². The molecule has 0 radical (unpaired) electrons. The fraction of sp³-hybridized carbons (Fsp3) is 0.273. The molecule has 1 aromatic carbocycles. The Bertz CT molecular complexity index is 468. The second-order valence-electron chi connectivity index (χ2n) is 3.57. The number of non-ortho nitro benzene ring substituents is 1. The van der Waals surface area contributed by atoms with Crippen molar-refractivity contribution in [3.8, 4) is 0 Å². The molecule has 0 aliphatic heterocycles. The maximum Gasteiger partial charge on any atom is 0.271 e. The highest BCUT2D eigenvalue weighted by atomic mass is 16.6. The molecule has 0 aliphatic carbocycles. The Morgan fingerprint density at radius 3 is 2.56 bits per heavy atom. The lowest BCUT2D eigenvalue weighted by molar-refractivity contribution is -0.384. The number of aliphatic hydroxyl groups is 1. The summed E-state index contributed by atoms with van der Waals surface area (Å²) >= 11 is 0. The number of hydrazone groups is 1. The molecule has 2 N–H and O–H groups in total. The number of benzene rings is 1. The van der Waals surface area contributed by atoms with Gasteiger partial charge in [0.05, 0.1) is 4.92 Å². The Balaban J connectivity index is 2.67. The van der Waals surface area contributed by atoms with Gasteiger partial charge in [0.2, 0.25) is 0 Å². The summed E-state index contributed by atoms with van der Waals surface area (Å²) in [5.41, 5.74) is 3.09. The summed E-state index contributed by atoms with van der Waals surface area (Å²) in [5.74, 6) is -0.456. The van der Waals surface area contributed by atoms with Crippen molar-refractivity contribution in [2.24, 2.45) is 5.10 Å². The molecule has 7 heteroatoms. The quantitative estimate of drug-likeness (QED) is 0.464. The Labute approximate surface area is 103 Å². The molecule has 0 unspecified atom stereocenters. The number of nitro groups is 1. The Morgan fingerprint density at radius 2 is 2.06 bits per heavy atom. The standard InChI is InChI=1S/C11H13N3O4/c1-8(6-7-15)12-13-11(16)9-2-4-10(5-3-9)14(17)18/h2-5,15H,6-7H2,1H3,(H,13,16). The molecule has 0 atom stereocenters. The first-order valence-electron chi connectivity index (χ1n) is 5.23. The molecule has 0 fully saturated rings. The number of carbonyl (C=O) groups excluding carboxylic acids is 1. The number of aliphatic hydroxyl groups excluding tert-OH is 1. The van der Waals surface area contributed by atoms with Gasteiger partial charge in [0.25, 0.3) is 11.6 Å². The molecule has 0 aromatic heterocycles. The normalized spacial score (nSPS) is 11.1. The third-order valence-corrected chi connectivity index (χ3v) is 2.16. The molecule has 1 amide bonds. The predicted octanol–water partition coefficient (Wildman–Crippen LogP) is 1.08. The summed E-state index contributed by atoms with van der Waals surface area (Å²) < 4.78 is 0. The van der Waals surface area contributed by atoms with E-state index in [1.54, 1.807) is 6.92 Å². The first kappa shape index (κ1) is 13.8. The van der Waals surface area contributed by atoms with Gasteiger partial charge >= 0.3 is 0 Å². The number of nitro benzene ring substituents is 1. The van der Waals surface area contributed by atoms with Crippen LogP contribution in [0.2, 0.25) is 0 Å². The van der Waals surface area contributed by atoms with E-state index in [0.29, 0.717) is 12.1 Å². The third kappa shape index (κ3) is 3.95. The number of amides is 1. The molecular weight excluding hydrogens is 238 g/mol. The van der Waals surface area contributed by atoms with Gasteiger partial charge in [-0.2, -0.15) is 5.10 Å². The molecule has 0 saturated heterocycles. The van der Waals surface area contributed by atoms with Gasteiger partial charge in [0.1, 0.15) is 0 Å². The average Bonchev–Trinajstić information content (AvgIpc) is 2.36. The van der Waals surface area contributed by atoms with Crippen LogP contribution in [0.15, 0.2) is 29.4 Å². The molecule has 7 nitrogen and oxygen atoms in total. The fourth-order valence-electron chi connectivity index (χ4n) is 1.16. The summed E-state index contributed by atoms with van der Waals surface area (Å²) in [6, 6.07) is 5.20. The molecule has 1 rings (SSSR count). The van der Waals surface area contributed by atoms with Crippen LogP contribution in [0.25, 0.3) is 0 Å². The largest absolute Gasteiger partial charge is 0.396 e. The molecule has 96 valence electrons. The highest BCUT2D eigenvalue weighted by Gasteiger charge is 2.08. The van der Waals surface area contributed by atoms with Crippen molar-refractivity contribution in [3.63, 3.8) is 0 Å². The Hall–Kier alpha value is -2.28. The van der Waals surface area contributed by atoms with E-state index in [9.17, 15) is 14.9 Å². The third-order valence-electron chi connectivity index (χ3n) is 2.16. The van der Waals surface area contributed by atoms with E-state index >= 15 is 0 Å². The lowest BCUT2D eigenvalue weighted by Crippen LogP contribution is -2.19. The zero-order valence-electron chi connectivity index (χ0n) is 9.79. The molecule has 0 aliphatic rings. The van der Waals surface area contributed by atoms with Crippen LogP contribution in [0.1, 0.15) is 23.7 Å². The first-order valence-corrected chi connectivity index (χ1v) is 5.23. The van der Waals surface area contributed by atoms with Crippen LogP contribution in [0.3, 0.4) is 0 Å². The van der Waals surface area contributed by atoms with Crippen LogP contribution < -0.4 is 5.43 Å². The molecule has 18 heavy (non-hydrogen) atoms. The van der Waals surface area contributed by atoms with Crippen LogP contribution in [0.4, 0.5) is 5.69 Å². The minimum absolute atomic E-state index is 0.0390. The van der Waals surface area contributed by atoms with Gasteiger partial charge in [-0.25, -0.2) is 5.43 Å². The van der Waals surface area contributed by atoms with E-state index in [1.807, 2.05) is 0 Å². The second kappa shape index (κ2) is 6.45. The zero-order chi connectivity index (χ0) is 13.5. The molecular formula is C11H13N3O4. The molecule has 0 heterocycles. The smallest absolute Gasteiger partial charge is 0.271 e. The Kier molecular flexibility index (Phi) is 4.94. The van der Waals surface area contributed by atoms with Gasteiger partial charge in [-0.1, -0.05) is 0 Å². The molecule has 0 bridgehead atoms. The number of nitrogens with one attached hydrogen (secondary N) is 1. The first-order chi connectivity index (χ1) is 8.54. The maximum absolute atomic E-state index is 11.6. The van der Waals surface area contributed by atoms with E-state index in [0.717, 1.165) is 0 Å². The van der Waals surface area contributed by atoms with Gasteiger partial charge in [0.15, 0.2) is 0 Å². The number of hydrogen-bond donors (Lipinski definition) is 2. The number of carbonyl (C=O) groups is 1. The number of hydrogen-bond acceptors (Lipinski definition) is 5. The van der Waals surface area contributed by atoms with Crippen molar-refractivity contribution in [2.75, 3.05) is 6.61 Å². The van der Waals surface area contributed by atoms with Crippen molar-refractivity contribution in [1.82, 2.24) is 5.43 Å². The highest BCUT2D eigenvalue weighted by molar-refractivity contribution is 5.95. The minimum Gasteiger partial charge on any atom is -0.396 e. The average molecular weight is 251 g/mol. The van der Waals surface area contributed by atoms with Crippen molar-refractivity contribution in [2.45, 2.75) is 13.3 Å². The van der Waals surface area contributed by atoms with Crippen molar-refractivity contribution < 1.29 is 14.8 Å². The van der Waals surface area contributed by atoms with Crippen molar-refractivity contribution in [1.29, 1.82) is 0 Å². The number of nitrogens with zero attached hydrogens (tertiary/aromatic N) is 2. The highest BCUT2D eigenvalue weighted by Crippen LogP contribution is 2.11. The summed E-state index contributed by atoms with van der Waals surface area (Å²) in [4.78, 5) is 21.5. The van der Waals surface area contributed by atoms with E-state index in [1.165, 1.54) is 24.3 Å². The van der Waals surface area contributed by atoms with Crippen LogP contribution >= 0.6 is 0 Å². The van der Waals surface area contributed by atoms with Crippen LogP contribution in [-0.4, -0.2) is 28.3 Å². The van der Waals surface area contributed by atoms with Gasteiger partial charge < -0.3 is 5.11 Å². The molecule has 0 spiro atoms. The van der Waals surface area contributed by atoms with Crippen LogP contribution in [0, 0.1) is 10.1 Å². The minimum atomic E-state index is -0.536. The number of rotatable bonds is 5. The monoisotopic (exact) mass is 251 g/mol. The van der Waals surface area contributed by atoms with Gasteiger partial charge in [-0.05, 0) is 19.1 Å². The van der Waals surface area contributed by atoms with Gasteiger partial charge in [0, 0.05) is 36.4 Å². The van der Waals surface area contributed by atoms with E-state index in [-0.39, 0.29) is 17.9 Å². The molecule has 0 saturated carbocycles. The van der Waals surface area contributed by atoms with Gasteiger partial charge in [-0.15, -0.1) is 0 Å². The van der Waals surface area contributed by atoms with Crippen molar-refractivity contribution >= 4 is 17.3 Å². The van der Waals surface area contributed by atoms with E-state index in [4.69, 9.17) is 5.11 Å². The SMILES string of the molecule is CC(CCO)=NNC(=O)c1ccc([N+](=O)[O-])cc1. The predicted molar refractivity (Wildman–Crippen MR) is 65.4 cm³/mol. The van der Waals surface area contributed by atoms with Gasteiger partial charge in [-0.3, -0.25) is 14.9 Å². The maximum atomic E-state index is 11.6. The lowest BCUT2D eigenvalue weighted by Gasteiger charge is -2.01. The summed E-state index contributed by atoms with van der Waals surface area (Å²) in [7, 11) is 0. The zero-order valence-corrected chi connectivity index (χ0v) is 9.79. The molecule has 1 aromatic rings. The topological polar surface area (TPSA) is 105 Å². The lowest BCUT2D eigenvalue weighted by atomic mass is 10.2. The van der Waals surface area contributed by atoms with Crippen molar-refractivity contribution in [3.05, 3.63) is 39.9 Å². The summed E-state index contributed by atoms with van der Waals surface area (Å²) in [6.07, 6.45) is 0.376. The van der Waals surface area contributed by atoms with Crippen LogP contribution in [-0.2, 0) is 0 Å². The summed E-state index contributed by atoms with van der Waals surface area (Å²) in [6.45, 7) is 1.63. The van der Waals surface area contributed by atoms with E-state index in [2.05, 4.69) is 10.5 Å². The van der Waals surface area contributed by atoms with Crippen LogP contribution in [0.5, 0.6) is 0 Å². The second-order valence-corrected chi connectivity index (χ2v) is 3.57. The fourth-order valence-corrected chi connectivity index (χ4v) is 1.16. The summed E-state index contributed by atoms with van der Waals surface area (Å²) in [5, 5.41) is 22.8. The Morgan fingerprint density at radius 1 is 1.44 bits per heavy atom.